The van der Waals surface area contributed by atoms with Gasteiger partial charge in [-0.1, -0.05) is 30.3 Å². The fourth-order valence-corrected chi connectivity index (χ4v) is 2.81. The smallest absolute Gasteiger partial charge is 0.318 e. The van der Waals surface area contributed by atoms with Crippen molar-refractivity contribution in [2.75, 3.05) is 19.6 Å². The first-order valence-electron chi connectivity index (χ1n) is 8.18. The summed E-state index contributed by atoms with van der Waals surface area (Å²) in [6.07, 6.45) is 1.78. The number of amides is 4. The normalized spacial score (nSPS) is 15.7. The van der Waals surface area contributed by atoms with Crippen LogP contribution in [0, 0.1) is 5.92 Å². The van der Waals surface area contributed by atoms with Crippen molar-refractivity contribution < 1.29 is 14.4 Å². The molecular formula is C17H24N4O3. The van der Waals surface area contributed by atoms with Crippen molar-refractivity contribution in [3.63, 3.8) is 0 Å². The minimum Gasteiger partial charge on any atom is -0.352 e. The molecule has 1 heterocycles. The van der Waals surface area contributed by atoms with Crippen LogP contribution in [0.1, 0.15) is 24.8 Å². The van der Waals surface area contributed by atoms with Crippen molar-refractivity contribution in [3.05, 3.63) is 35.9 Å². The molecule has 0 bridgehead atoms. The highest BCUT2D eigenvalue weighted by Crippen LogP contribution is 2.17. The maximum absolute atomic E-state index is 12.2. The van der Waals surface area contributed by atoms with Gasteiger partial charge in [0.05, 0.1) is 0 Å². The number of urea groups is 1. The van der Waals surface area contributed by atoms with Gasteiger partial charge in [0.2, 0.25) is 11.8 Å². The topological polar surface area (TPSA) is 105 Å². The summed E-state index contributed by atoms with van der Waals surface area (Å²) >= 11 is 0. The van der Waals surface area contributed by atoms with Crippen molar-refractivity contribution in [3.8, 4) is 0 Å². The zero-order valence-electron chi connectivity index (χ0n) is 13.7. The first kappa shape index (κ1) is 17.9. The summed E-state index contributed by atoms with van der Waals surface area (Å²) in [5.41, 5.74) is 5.98. The Morgan fingerprint density at radius 2 is 1.79 bits per heavy atom. The van der Waals surface area contributed by atoms with Gasteiger partial charge in [0.15, 0.2) is 0 Å². The highest BCUT2D eigenvalue weighted by molar-refractivity contribution is 5.93. The van der Waals surface area contributed by atoms with Crippen LogP contribution in [0.2, 0.25) is 0 Å². The van der Waals surface area contributed by atoms with Crippen LogP contribution in [0.25, 0.3) is 0 Å². The third-order valence-corrected chi connectivity index (χ3v) is 4.19. The van der Waals surface area contributed by atoms with Gasteiger partial charge in [0.25, 0.3) is 0 Å². The summed E-state index contributed by atoms with van der Waals surface area (Å²) in [4.78, 5) is 36.3. The van der Waals surface area contributed by atoms with Gasteiger partial charge >= 0.3 is 6.03 Å². The third kappa shape index (κ3) is 6.00. The van der Waals surface area contributed by atoms with Gasteiger partial charge in [0.1, 0.15) is 0 Å². The molecule has 7 nitrogen and oxygen atoms in total. The molecule has 24 heavy (non-hydrogen) atoms. The molecule has 1 saturated heterocycles. The Morgan fingerprint density at radius 3 is 2.42 bits per heavy atom. The van der Waals surface area contributed by atoms with Crippen molar-refractivity contribution in [1.29, 1.82) is 0 Å². The summed E-state index contributed by atoms with van der Waals surface area (Å²) < 4.78 is 0. The number of hydrogen-bond acceptors (Lipinski definition) is 4. The van der Waals surface area contributed by atoms with E-state index >= 15 is 0 Å². The Balaban J connectivity index is 1.65. The van der Waals surface area contributed by atoms with Crippen LogP contribution in [0.15, 0.2) is 30.3 Å². The lowest BCUT2D eigenvalue weighted by Gasteiger charge is -2.31. The predicted molar refractivity (Wildman–Crippen MR) is 89.8 cm³/mol. The molecule has 1 fully saturated rings. The number of carbonyl (C=O) groups excluding carboxylic acids is 3. The highest BCUT2D eigenvalue weighted by atomic mass is 16.2. The zero-order valence-corrected chi connectivity index (χ0v) is 13.7. The molecule has 7 heteroatoms. The molecule has 0 radical (unpaired) electrons. The molecule has 0 saturated carbocycles. The van der Waals surface area contributed by atoms with Crippen molar-refractivity contribution >= 4 is 17.8 Å². The molecule has 1 aromatic rings. The van der Waals surface area contributed by atoms with Crippen molar-refractivity contribution in [1.82, 2.24) is 15.5 Å². The fraction of sp³-hybridized carbons (Fsp3) is 0.471. The molecule has 130 valence electrons. The second kappa shape index (κ2) is 9.02. The second-order valence-electron chi connectivity index (χ2n) is 5.98. The monoisotopic (exact) mass is 332 g/mol. The van der Waals surface area contributed by atoms with Crippen LogP contribution in [0.3, 0.4) is 0 Å². The molecule has 4 N–H and O–H groups in total. The van der Waals surface area contributed by atoms with Crippen LogP contribution >= 0.6 is 0 Å². The van der Waals surface area contributed by atoms with E-state index in [1.54, 1.807) is 0 Å². The number of carbonyl (C=O) groups is 3. The van der Waals surface area contributed by atoms with Crippen LogP contribution < -0.4 is 16.4 Å². The van der Waals surface area contributed by atoms with E-state index in [1.165, 1.54) is 0 Å². The van der Waals surface area contributed by atoms with Gasteiger partial charge in [-0.3, -0.25) is 14.9 Å². The number of benzene rings is 1. The van der Waals surface area contributed by atoms with E-state index in [0.29, 0.717) is 13.1 Å². The second-order valence-corrected chi connectivity index (χ2v) is 5.98. The Morgan fingerprint density at radius 1 is 1.12 bits per heavy atom. The minimum atomic E-state index is -0.825. The van der Waals surface area contributed by atoms with Crippen molar-refractivity contribution in [2.45, 2.75) is 25.8 Å². The molecule has 0 spiro atoms. The minimum absolute atomic E-state index is 0.0180. The van der Waals surface area contributed by atoms with Gasteiger partial charge in [-0.2, -0.15) is 0 Å². The number of likely N-dealkylation sites (tertiary alicyclic amines) is 1. The first-order chi connectivity index (χ1) is 11.5. The number of nitrogens with zero attached hydrogens (tertiary/aromatic N) is 1. The van der Waals surface area contributed by atoms with Crippen molar-refractivity contribution in [2.24, 2.45) is 11.7 Å². The predicted octanol–water partition coefficient (Wildman–Crippen LogP) is 0.600. The van der Waals surface area contributed by atoms with E-state index in [4.69, 9.17) is 5.73 Å². The van der Waals surface area contributed by atoms with E-state index in [-0.39, 0.29) is 24.2 Å². The molecule has 0 aromatic heterocycles. The SMILES string of the molecule is NC(=O)NC(=O)CCN1CCC(C(=O)NCc2ccccc2)CC1. The lowest BCUT2D eigenvalue weighted by Crippen LogP contribution is -2.42. The maximum Gasteiger partial charge on any atom is 0.318 e. The first-order valence-corrected chi connectivity index (χ1v) is 8.18. The lowest BCUT2D eigenvalue weighted by atomic mass is 9.95. The van der Waals surface area contributed by atoms with E-state index in [1.807, 2.05) is 30.3 Å². The molecule has 0 atom stereocenters. The van der Waals surface area contributed by atoms with Crippen LogP contribution in [0.4, 0.5) is 4.79 Å². The summed E-state index contributed by atoms with van der Waals surface area (Å²) in [6, 6.07) is 9.00. The summed E-state index contributed by atoms with van der Waals surface area (Å²) in [6.45, 7) is 2.66. The standard InChI is InChI=1S/C17H24N4O3/c18-17(24)20-15(22)8-11-21-9-6-14(7-10-21)16(23)19-12-13-4-2-1-3-5-13/h1-5,14H,6-12H2,(H,19,23)(H3,18,20,22,24). The van der Waals surface area contributed by atoms with Gasteiger partial charge in [0, 0.05) is 25.4 Å². The number of nitrogens with one attached hydrogen (secondary N) is 2. The quantitative estimate of drug-likeness (QED) is 0.709. The highest BCUT2D eigenvalue weighted by Gasteiger charge is 2.24. The number of imide groups is 1. The molecule has 0 aliphatic carbocycles. The zero-order chi connectivity index (χ0) is 17.4. The number of hydrogen-bond donors (Lipinski definition) is 3. The summed E-state index contributed by atoms with van der Waals surface area (Å²) in [7, 11) is 0. The molecule has 4 amide bonds. The summed E-state index contributed by atoms with van der Waals surface area (Å²) in [5, 5.41) is 5.03. The third-order valence-electron chi connectivity index (χ3n) is 4.19. The fourth-order valence-electron chi connectivity index (χ4n) is 2.81. The van der Waals surface area contributed by atoms with Crippen LogP contribution in [-0.4, -0.2) is 42.4 Å². The Labute approximate surface area is 141 Å². The lowest BCUT2D eigenvalue weighted by molar-refractivity contribution is -0.127. The average molecular weight is 332 g/mol. The molecule has 1 aromatic carbocycles. The van der Waals surface area contributed by atoms with Crippen LogP contribution in [-0.2, 0) is 16.1 Å². The van der Waals surface area contributed by atoms with Crippen LogP contribution in [0.5, 0.6) is 0 Å². The number of nitrogens with two attached hydrogens (primary N) is 1. The Kier molecular flexibility index (Phi) is 6.74. The largest absolute Gasteiger partial charge is 0.352 e. The maximum atomic E-state index is 12.2. The van der Waals surface area contributed by atoms with Gasteiger partial charge in [-0.15, -0.1) is 0 Å². The number of primary amides is 1. The van der Waals surface area contributed by atoms with E-state index in [2.05, 4.69) is 15.5 Å². The molecule has 2 rings (SSSR count). The Bertz CT molecular complexity index is 568. The van der Waals surface area contributed by atoms with Gasteiger partial charge in [-0.05, 0) is 31.5 Å². The van der Waals surface area contributed by atoms with E-state index < -0.39 is 6.03 Å². The number of rotatable bonds is 6. The van der Waals surface area contributed by atoms with Gasteiger partial charge < -0.3 is 16.0 Å². The van der Waals surface area contributed by atoms with E-state index in [9.17, 15) is 14.4 Å². The molecular weight excluding hydrogens is 308 g/mol. The molecule has 1 aliphatic rings. The van der Waals surface area contributed by atoms with Gasteiger partial charge in [-0.25, -0.2) is 4.79 Å². The molecule has 1 aliphatic heterocycles. The summed E-state index contributed by atoms with van der Waals surface area (Å²) in [5.74, 6) is -0.264. The number of piperidine rings is 1. The average Bonchev–Trinajstić information content (AvgIpc) is 2.58. The molecule has 0 unspecified atom stereocenters. The Hall–Kier alpha value is -2.41. The van der Waals surface area contributed by atoms with E-state index in [0.717, 1.165) is 31.5 Å².